The van der Waals surface area contributed by atoms with Crippen molar-refractivity contribution in [3.8, 4) is 0 Å². The number of pyridine rings is 1. The molecule has 1 fully saturated rings. The Labute approximate surface area is 152 Å². The second-order valence-corrected chi connectivity index (χ2v) is 7.29. The van der Waals surface area contributed by atoms with E-state index in [0.717, 1.165) is 25.2 Å². The van der Waals surface area contributed by atoms with Crippen molar-refractivity contribution in [2.45, 2.75) is 25.3 Å². The molecule has 5 nitrogen and oxygen atoms in total. The quantitative estimate of drug-likeness (QED) is 0.789. The summed E-state index contributed by atoms with van der Waals surface area (Å²) in [6.45, 7) is 4.06. The highest BCUT2D eigenvalue weighted by Gasteiger charge is 2.44. The maximum atomic E-state index is 13.1. The molecule has 0 bridgehead atoms. The minimum atomic E-state index is -0.142. The number of rotatable bonds is 1. The molecule has 2 unspecified atom stereocenters. The number of aromatic nitrogens is 1. The summed E-state index contributed by atoms with van der Waals surface area (Å²) in [4.78, 5) is 21.3. The second-order valence-electron chi connectivity index (χ2n) is 6.93. The Bertz CT molecular complexity index is 825. The van der Waals surface area contributed by atoms with E-state index in [9.17, 15) is 4.79 Å². The van der Waals surface area contributed by atoms with Crippen LogP contribution in [0.3, 0.4) is 0 Å². The smallest absolute Gasteiger partial charge is 0.306 e. The molecule has 0 aliphatic carbocycles. The minimum absolute atomic E-state index is 0.142. The SMILES string of the molecule is Cc1ccc2c(c1)C1CN(C)CCC1N2C(=O)Nc1cccnc1Cl. The Morgan fingerprint density at radius 1 is 1.36 bits per heavy atom. The molecule has 0 spiro atoms. The topological polar surface area (TPSA) is 48.5 Å². The van der Waals surface area contributed by atoms with Crippen molar-refractivity contribution >= 4 is 29.0 Å². The van der Waals surface area contributed by atoms with Gasteiger partial charge in [0.05, 0.1) is 5.69 Å². The fourth-order valence-corrected chi connectivity index (χ4v) is 4.17. The zero-order chi connectivity index (χ0) is 17.6. The number of benzene rings is 1. The standard InChI is InChI=1S/C19H21ClN4O/c1-12-5-6-16-13(10-12)14-11-23(2)9-7-17(14)24(16)19(25)22-15-4-3-8-21-18(15)20/h3-6,8,10,14,17H,7,9,11H2,1-2H3,(H,22,25). The van der Waals surface area contributed by atoms with Gasteiger partial charge in [-0.15, -0.1) is 0 Å². The van der Waals surface area contributed by atoms with Crippen molar-refractivity contribution in [2.75, 3.05) is 30.4 Å². The Balaban J connectivity index is 1.69. The predicted octanol–water partition coefficient (Wildman–Crippen LogP) is 3.88. The van der Waals surface area contributed by atoms with Crippen molar-refractivity contribution in [2.24, 2.45) is 0 Å². The highest BCUT2D eigenvalue weighted by Crippen LogP contribution is 2.45. The molecule has 2 aromatic rings. The first-order valence-electron chi connectivity index (χ1n) is 8.54. The van der Waals surface area contributed by atoms with Crippen LogP contribution < -0.4 is 10.2 Å². The lowest BCUT2D eigenvalue weighted by atomic mass is 9.89. The Morgan fingerprint density at radius 3 is 3.00 bits per heavy atom. The zero-order valence-corrected chi connectivity index (χ0v) is 15.1. The molecule has 2 amide bonds. The van der Waals surface area contributed by atoms with Gasteiger partial charge in [-0.1, -0.05) is 29.3 Å². The number of hydrogen-bond donors (Lipinski definition) is 1. The first-order chi connectivity index (χ1) is 12.0. The number of likely N-dealkylation sites (tertiary alicyclic amines) is 1. The molecular weight excluding hydrogens is 336 g/mol. The Kier molecular flexibility index (Phi) is 4.13. The van der Waals surface area contributed by atoms with Gasteiger partial charge in [-0.2, -0.15) is 0 Å². The Morgan fingerprint density at radius 2 is 2.20 bits per heavy atom. The number of piperidine rings is 1. The van der Waals surface area contributed by atoms with Crippen LogP contribution >= 0.6 is 11.6 Å². The van der Waals surface area contributed by atoms with E-state index in [-0.39, 0.29) is 12.1 Å². The summed E-state index contributed by atoms with van der Waals surface area (Å²) in [5, 5.41) is 3.24. The maximum Gasteiger partial charge on any atom is 0.326 e. The summed E-state index contributed by atoms with van der Waals surface area (Å²) in [6.07, 6.45) is 2.57. The van der Waals surface area contributed by atoms with E-state index in [0.29, 0.717) is 16.8 Å². The van der Waals surface area contributed by atoms with Crippen LogP contribution in [0.2, 0.25) is 5.15 Å². The lowest BCUT2D eigenvalue weighted by molar-refractivity contribution is 0.224. The van der Waals surface area contributed by atoms with Gasteiger partial charge in [0.1, 0.15) is 0 Å². The fraction of sp³-hybridized carbons (Fsp3) is 0.368. The van der Waals surface area contributed by atoms with E-state index in [1.54, 1.807) is 18.3 Å². The number of anilines is 2. The first-order valence-corrected chi connectivity index (χ1v) is 8.92. The molecule has 2 aliphatic heterocycles. The molecule has 1 N–H and O–H groups in total. The van der Waals surface area contributed by atoms with E-state index >= 15 is 0 Å². The van der Waals surface area contributed by atoms with Gasteiger partial charge in [0.15, 0.2) is 5.15 Å². The molecule has 1 aromatic carbocycles. The third-order valence-corrected chi connectivity index (χ3v) is 5.47. The molecule has 6 heteroatoms. The number of fused-ring (bicyclic) bond motifs is 3. The molecule has 2 atom stereocenters. The van der Waals surface area contributed by atoms with Gasteiger partial charge in [0, 0.05) is 30.4 Å². The van der Waals surface area contributed by atoms with Gasteiger partial charge >= 0.3 is 6.03 Å². The first kappa shape index (κ1) is 16.4. The number of amides is 2. The van der Waals surface area contributed by atoms with Crippen LogP contribution in [-0.4, -0.2) is 42.1 Å². The summed E-state index contributed by atoms with van der Waals surface area (Å²) in [5.74, 6) is 0.351. The number of aryl methyl sites for hydroxylation is 1. The highest BCUT2D eigenvalue weighted by molar-refractivity contribution is 6.32. The van der Waals surface area contributed by atoms with Crippen LogP contribution in [0.1, 0.15) is 23.5 Å². The lowest BCUT2D eigenvalue weighted by Crippen LogP contribution is -2.48. The van der Waals surface area contributed by atoms with Crippen LogP contribution in [0, 0.1) is 6.92 Å². The predicted molar refractivity (Wildman–Crippen MR) is 101 cm³/mol. The molecular formula is C19H21ClN4O. The average molecular weight is 357 g/mol. The molecule has 1 aromatic heterocycles. The molecule has 2 aliphatic rings. The number of likely N-dealkylation sites (N-methyl/N-ethyl adjacent to an activating group) is 1. The summed E-state index contributed by atoms with van der Waals surface area (Å²) >= 11 is 6.10. The maximum absolute atomic E-state index is 13.1. The van der Waals surface area contributed by atoms with Crippen molar-refractivity contribution < 1.29 is 4.79 Å². The van der Waals surface area contributed by atoms with Gasteiger partial charge in [-0.25, -0.2) is 9.78 Å². The third kappa shape index (κ3) is 2.87. The van der Waals surface area contributed by atoms with Crippen molar-refractivity contribution in [3.63, 3.8) is 0 Å². The largest absolute Gasteiger partial charge is 0.326 e. The highest BCUT2D eigenvalue weighted by atomic mass is 35.5. The summed E-state index contributed by atoms with van der Waals surface area (Å²) in [7, 11) is 2.14. The second kappa shape index (κ2) is 6.32. The number of hydrogen-bond acceptors (Lipinski definition) is 3. The number of nitrogens with one attached hydrogen (secondary N) is 1. The Hall–Kier alpha value is -2.11. The fourth-order valence-electron chi connectivity index (χ4n) is 4.00. The lowest BCUT2D eigenvalue weighted by Gasteiger charge is -2.36. The average Bonchev–Trinajstić information content (AvgIpc) is 2.90. The molecule has 1 saturated heterocycles. The van der Waals surface area contributed by atoms with Crippen molar-refractivity contribution in [3.05, 3.63) is 52.8 Å². The number of urea groups is 1. The summed E-state index contributed by atoms with van der Waals surface area (Å²) in [6, 6.07) is 9.92. The minimum Gasteiger partial charge on any atom is -0.306 e. The molecule has 130 valence electrons. The van der Waals surface area contributed by atoms with Gasteiger partial charge in [-0.3, -0.25) is 4.90 Å². The summed E-state index contributed by atoms with van der Waals surface area (Å²) < 4.78 is 0. The van der Waals surface area contributed by atoms with Crippen LogP contribution in [0.4, 0.5) is 16.2 Å². The number of halogens is 1. The molecule has 0 radical (unpaired) electrons. The zero-order valence-electron chi connectivity index (χ0n) is 14.4. The number of nitrogens with zero attached hydrogens (tertiary/aromatic N) is 3. The van der Waals surface area contributed by atoms with E-state index in [2.05, 4.69) is 47.4 Å². The number of carbonyl (C=O) groups excluding carboxylic acids is 1. The number of carbonyl (C=O) groups is 1. The van der Waals surface area contributed by atoms with E-state index in [1.165, 1.54) is 11.1 Å². The summed E-state index contributed by atoms with van der Waals surface area (Å²) in [5.41, 5.74) is 4.04. The van der Waals surface area contributed by atoms with Gasteiger partial charge in [-0.05, 0) is 50.7 Å². The molecule has 3 heterocycles. The van der Waals surface area contributed by atoms with E-state index < -0.39 is 0 Å². The van der Waals surface area contributed by atoms with E-state index in [1.807, 2.05) is 4.90 Å². The molecule has 0 saturated carbocycles. The van der Waals surface area contributed by atoms with Gasteiger partial charge < -0.3 is 10.2 Å². The van der Waals surface area contributed by atoms with Crippen molar-refractivity contribution in [1.82, 2.24) is 9.88 Å². The monoisotopic (exact) mass is 356 g/mol. The normalized spacial score (nSPS) is 22.4. The van der Waals surface area contributed by atoms with Crippen molar-refractivity contribution in [1.29, 1.82) is 0 Å². The van der Waals surface area contributed by atoms with Crippen LogP contribution in [-0.2, 0) is 0 Å². The van der Waals surface area contributed by atoms with E-state index in [4.69, 9.17) is 11.6 Å². The van der Waals surface area contributed by atoms with Gasteiger partial charge in [0.2, 0.25) is 0 Å². The van der Waals surface area contributed by atoms with Crippen LogP contribution in [0.25, 0.3) is 0 Å². The molecule has 25 heavy (non-hydrogen) atoms. The van der Waals surface area contributed by atoms with Crippen LogP contribution in [0.15, 0.2) is 36.5 Å². The van der Waals surface area contributed by atoms with Crippen LogP contribution in [0.5, 0.6) is 0 Å². The third-order valence-electron chi connectivity index (χ3n) is 5.17. The molecule has 4 rings (SSSR count). The van der Waals surface area contributed by atoms with Gasteiger partial charge in [0.25, 0.3) is 0 Å².